The molecule has 1 unspecified atom stereocenters. The van der Waals surface area contributed by atoms with Crippen LogP contribution in [-0.4, -0.2) is 45.8 Å². The lowest BCUT2D eigenvalue weighted by Crippen LogP contribution is -2.31. The molecule has 3 rings (SSSR count). The van der Waals surface area contributed by atoms with Crippen LogP contribution in [0.25, 0.3) is 0 Å². The normalized spacial score (nSPS) is 15.7. The second kappa shape index (κ2) is 9.31. The van der Waals surface area contributed by atoms with Gasteiger partial charge in [0.1, 0.15) is 5.82 Å². The van der Waals surface area contributed by atoms with Gasteiger partial charge in [0.25, 0.3) is 0 Å². The van der Waals surface area contributed by atoms with Gasteiger partial charge in [0, 0.05) is 25.0 Å². The maximum atomic E-state index is 13.1. The van der Waals surface area contributed by atoms with Crippen LogP contribution in [0.15, 0.2) is 33.8 Å². The number of aromatic nitrogens is 2. The molecule has 29 heavy (non-hydrogen) atoms. The van der Waals surface area contributed by atoms with E-state index in [1.54, 1.807) is 31.3 Å². The minimum absolute atomic E-state index is 0.179. The number of benzene rings is 1. The molecule has 1 atom stereocenters. The maximum Gasteiger partial charge on any atom is 0.418 e. The topological polar surface area (TPSA) is 117 Å². The second-order valence-electron chi connectivity index (χ2n) is 6.28. The van der Waals surface area contributed by atoms with Crippen LogP contribution >= 0.6 is 15.9 Å². The van der Waals surface area contributed by atoms with E-state index in [0.717, 1.165) is 23.9 Å². The van der Waals surface area contributed by atoms with Gasteiger partial charge in [-0.15, -0.1) is 0 Å². The van der Waals surface area contributed by atoms with Gasteiger partial charge in [0.05, 0.1) is 31.4 Å². The minimum atomic E-state index is -3.10. The number of carbonyl (C=O) groups excluding carboxylic acids is 1. The molecule has 0 fully saturated rings. The number of nitrogens with one attached hydrogen (secondary N) is 4. The van der Waals surface area contributed by atoms with Crippen LogP contribution in [0.3, 0.4) is 0 Å². The summed E-state index contributed by atoms with van der Waals surface area (Å²) < 4.78 is 21.1. The number of rotatable bonds is 3. The summed E-state index contributed by atoms with van der Waals surface area (Å²) in [6.07, 6.45) is 2.69. The van der Waals surface area contributed by atoms with Crippen LogP contribution in [0.5, 0.6) is 0 Å². The van der Waals surface area contributed by atoms with Crippen molar-refractivity contribution in [3.63, 3.8) is 0 Å². The Bertz CT molecular complexity index is 999. The Kier molecular flexibility index (Phi) is 6.80. The molecule has 0 spiro atoms. The van der Waals surface area contributed by atoms with E-state index in [1.165, 1.54) is 0 Å². The van der Waals surface area contributed by atoms with Crippen LogP contribution < -0.4 is 20.7 Å². The molecule has 0 saturated heterocycles. The number of hydrogen-bond acceptors (Lipinski definition) is 8. The predicted molar refractivity (Wildman–Crippen MR) is 119 cm³/mol. The van der Waals surface area contributed by atoms with Crippen molar-refractivity contribution in [2.45, 2.75) is 24.7 Å². The predicted octanol–water partition coefficient (Wildman–Crippen LogP) is 3.34. The first-order chi connectivity index (χ1) is 13.9. The first-order valence-corrected chi connectivity index (χ1v) is 11.6. The third-order valence-corrected chi connectivity index (χ3v) is 6.21. The van der Waals surface area contributed by atoms with E-state index in [1.807, 2.05) is 0 Å². The lowest BCUT2D eigenvalue weighted by molar-refractivity contribution is 0.159. The molecule has 1 aromatic carbocycles. The van der Waals surface area contributed by atoms with Gasteiger partial charge in [-0.05, 0) is 59.8 Å². The summed E-state index contributed by atoms with van der Waals surface area (Å²) in [5.74, 6) is 4.85. The Labute approximate surface area is 178 Å². The van der Waals surface area contributed by atoms with Crippen molar-refractivity contribution >= 4 is 60.7 Å². The highest BCUT2D eigenvalue weighted by Crippen LogP contribution is 2.28. The van der Waals surface area contributed by atoms with Gasteiger partial charge in [-0.2, -0.15) is 4.98 Å². The molecule has 4 N–H and O–H groups in total. The SMILES string of the molecule is C=S(=O)(NC(=O)OCC)c1ccc2cc1NCCCCNc1nc(ncc1Br)N2. The molecule has 0 aliphatic carbocycles. The van der Waals surface area contributed by atoms with Crippen LogP contribution in [0.2, 0.25) is 0 Å². The van der Waals surface area contributed by atoms with Crippen LogP contribution in [0.4, 0.5) is 27.9 Å². The lowest BCUT2D eigenvalue weighted by Gasteiger charge is -2.18. The molecule has 0 saturated carbocycles. The highest BCUT2D eigenvalue weighted by atomic mass is 79.9. The molecular formula is C18H23BrN6O3S. The zero-order valence-corrected chi connectivity index (χ0v) is 18.4. The van der Waals surface area contributed by atoms with Gasteiger partial charge >= 0.3 is 6.09 Å². The largest absolute Gasteiger partial charge is 0.449 e. The number of halogens is 1. The van der Waals surface area contributed by atoms with Crippen molar-refractivity contribution in [3.05, 3.63) is 28.9 Å². The van der Waals surface area contributed by atoms with Gasteiger partial charge < -0.3 is 20.7 Å². The summed E-state index contributed by atoms with van der Waals surface area (Å²) in [6, 6.07) is 5.18. The molecule has 1 aliphatic rings. The van der Waals surface area contributed by atoms with Crippen molar-refractivity contribution in [2.75, 3.05) is 35.6 Å². The van der Waals surface area contributed by atoms with Crippen molar-refractivity contribution in [1.82, 2.24) is 14.7 Å². The average Bonchev–Trinajstić information content (AvgIpc) is 2.67. The zero-order valence-electron chi connectivity index (χ0n) is 16.0. The van der Waals surface area contributed by atoms with Gasteiger partial charge in [0.2, 0.25) is 5.95 Å². The number of amides is 1. The van der Waals surface area contributed by atoms with Gasteiger partial charge in [0.15, 0.2) is 0 Å². The summed E-state index contributed by atoms with van der Waals surface area (Å²) >= 11 is 3.45. The zero-order chi connectivity index (χ0) is 20.9. The third kappa shape index (κ3) is 5.51. The number of ether oxygens (including phenoxy) is 1. The number of hydrogen-bond donors (Lipinski definition) is 4. The lowest BCUT2D eigenvalue weighted by atomic mass is 10.2. The van der Waals surface area contributed by atoms with Crippen molar-refractivity contribution in [1.29, 1.82) is 0 Å². The first-order valence-electron chi connectivity index (χ1n) is 9.12. The average molecular weight is 483 g/mol. The van der Waals surface area contributed by atoms with E-state index in [0.29, 0.717) is 34.6 Å². The summed E-state index contributed by atoms with van der Waals surface area (Å²) in [4.78, 5) is 20.9. The molecule has 2 aromatic rings. The summed E-state index contributed by atoms with van der Waals surface area (Å²) in [6.45, 7) is 3.27. The van der Waals surface area contributed by atoms with Crippen LogP contribution in [-0.2, 0) is 14.4 Å². The number of anilines is 4. The smallest absolute Gasteiger partial charge is 0.418 e. The van der Waals surface area contributed by atoms with E-state index < -0.39 is 15.8 Å². The van der Waals surface area contributed by atoms with Gasteiger partial charge in [-0.25, -0.2) is 18.7 Å². The molecule has 1 amide bonds. The molecule has 1 aliphatic heterocycles. The fraction of sp³-hybridized carbons (Fsp3) is 0.333. The van der Waals surface area contributed by atoms with E-state index in [-0.39, 0.29) is 6.61 Å². The minimum Gasteiger partial charge on any atom is -0.449 e. The summed E-state index contributed by atoms with van der Waals surface area (Å²) in [5.41, 5.74) is 1.31. The Hall–Kier alpha value is -2.53. The van der Waals surface area contributed by atoms with E-state index >= 15 is 0 Å². The van der Waals surface area contributed by atoms with E-state index in [2.05, 4.69) is 52.4 Å². The molecule has 156 valence electrons. The fourth-order valence-electron chi connectivity index (χ4n) is 2.74. The third-order valence-electron chi connectivity index (χ3n) is 4.07. The molecular weight excluding hydrogens is 460 g/mol. The number of carbonyl (C=O) groups is 1. The van der Waals surface area contributed by atoms with Crippen molar-refractivity contribution in [2.24, 2.45) is 0 Å². The van der Waals surface area contributed by atoms with Crippen LogP contribution in [0.1, 0.15) is 19.8 Å². The van der Waals surface area contributed by atoms with Gasteiger partial charge in [-0.1, -0.05) is 0 Å². The molecule has 9 nitrogen and oxygen atoms in total. The quantitative estimate of drug-likeness (QED) is 0.492. The van der Waals surface area contributed by atoms with Crippen LogP contribution in [0, 0.1) is 0 Å². The molecule has 4 bridgehead atoms. The number of fused-ring (bicyclic) bond motifs is 4. The molecule has 1 aromatic heterocycles. The first kappa shape index (κ1) is 21.2. The maximum absolute atomic E-state index is 13.1. The molecule has 11 heteroatoms. The Balaban J connectivity index is 1.94. The highest BCUT2D eigenvalue weighted by Gasteiger charge is 2.18. The second-order valence-corrected chi connectivity index (χ2v) is 9.13. The summed E-state index contributed by atoms with van der Waals surface area (Å²) in [5, 5.41) is 9.72. The Morgan fingerprint density at radius 1 is 1.34 bits per heavy atom. The molecule has 2 heterocycles. The van der Waals surface area contributed by atoms with E-state index in [4.69, 9.17) is 4.74 Å². The van der Waals surface area contributed by atoms with Crippen molar-refractivity contribution in [3.8, 4) is 0 Å². The standard InChI is InChI=1S/C18H23BrN6O3S/c1-3-28-18(26)25-29(2,27)15-7-6-12-10-14(15)20-8-4-5-9-21-16-13(19)11-22-17(23-12)24-16/h6-7,10-11,20H,2-5,8-9H2,1H3,(H,25,26,27)(H2,21,22,23,24). The van der Waals surface area contributed by atoms with Gasteiger partial charge in [-0.3, -0.25) is 0 Å². The Morgan fingerprint density at radius 2 is 2.10 bits per heavy atom. The monoisotopic (exact) mass is 482 g/mol. The summed E-state index contributed by atoms with van der Waals surface area (Å²) in [7, 11) is -3.10. The highest BCUT2D eigenvalue weighted by molar-refractivity contribution is 9.10. The fourth-order valence-corrected chi connectivity index (χ4v) is 4.29. The van der Waals surface area contributed by atoms with E-state index in [9.17, 15) is 9.00 Å². The number of nitrogens with zero attached hydrogens (tertiary/aromatic N) is 2. The Morgan fingerprint density at radius 3 is 2.86 bits per heavy atom. The van der Waals surface area contributed by atoms with Crippen molar-refractivity contribution < 1.29 is 13.7 Å². The molecule has 0 radical (unpaired) electrons.